The van der Waals surface area contributed by atoms with Crippen molar-refractivity contribution in [2.75, 3.05) is 4.90 Å². The Balaban J connectivity index is 1.13. The summed E-state index contributed by atoms with van der Waals surface area (Å²) in [7, 11) is 0. The molecule has 1 aliphatic rings. The monoisotopic (exact) mass is 793 g/mol. The summed E-state index contributed by atoms with van der Waals surface area (Å²) in [6, 6.07) is 72.4. The van der Waals surface area contributed by atoms with Crippen LogP contribution in [0.25, 0.3) is 98.8 Å². The molecule has 0 bridgehead atoms. The number of hydrogen-bond donors (Lipinski definition) is 0. The molecule has 0 N–H and O–H groups in total. The second-order valence-corrected chi connectivity index (χ2v) is 17.2. The lowest BCUT2D eigenvalue weighted by Gasteiger charge is -2.30. The zero-order chi connectivity index (χ0) is 41.1. The number of anilines is 3. The van der Waals surface area contributed by atoms with Crippen LogP contribution in [0.5, 0.6) is 0 Å². The first-order chi connectivity index (χ1) is 30.5. The summed E-state index contributed by atoms with van der Waals surface area (Å²) in [5.74, 6) is 0. The summed E-state index contributed by atoms with van der Waals surface area (Å²) in [4.78, 5) is 2.48. The van der Waals surface area contributed by atoms with E-state index in [1.165, 1.54) is 38.4 Å². The molecule has 3 heteroatoms. The molecule has 0 aliphatic heterocycles. The van der Waals surface area contributed by atoms with E-state index in [0.717, 1.165) is 88.6 Å². The number of nitrogens with zero attached hydrogens (tertiary/aromatic N) is 1. The Morgan fingerprint density at radius 1 is 0.355 bits per heavy atom. The Hall–Kier alpha value is -7.88. The molecule has 0 spiro atoms. The van der Waals surface area contributed by atoms with Crippen LogP contribution in [0.1, 0.15) is 25.0 Å². The van der Waals surface area contributed by atoms with Crippen molar-refractivity contribution in [3.05, 3.63) is 211 Å². The Morgan fingerprint density at radius 3 is 1.74 bits per heavy atom. The van der Waals surface area contributed by atoms with E-state index in [4.69, 9.17) is 8.83 Å². The Kier molecular flexibility index (Phi) is 7.36. The third kappa shape index (κ3) is 4.94. The summed E-state index contributed by atoms with van der Waals surface area (Å²) in [6.07, 6.45) is 0. The van der Waals surface area contributed by atoms with Crippen LogP contribution in [0, 0.1) is 0 Å². The largest absolute Gasteiger partial charge is 0.455 e. The summed E-state index contributed by atoms with van der Waals surface area (Å²) in [5.41, 5.74) is 16.3. The zero-order valence-electron chi connectivity index (χ0n) is 34.3. The minimum absolute atomic E-state index is 0.186. The fourth-order valence-electron chi connectivity index (χ4n) is 10.6. The molecule has 62 heavy (non-hydrogen) atoms. The number of furan rings is 2. The van der Waals surface area contributed by atoms with E-state index in [0.29, 0.717) is 0 Å². The lowest BCUT2D eigenvalue weighted by Crippen LogP contribution is -2.17. The van der Waals surface area contributed by atoms with Crippen LogP contribution in [0.2, 0.25) is 0 Å². The highest BCUT2D eigenvalue weighted by atomic mass is 16.3. The molecule has 2 aromatic heterocycles. The molecule has 292 valence electrons. The molecule has 0 atom stereocenters. The third-order valence-corrected chi connectivity index (χ3v) is 13.5. The summed E-state index contributed by atoms with van der Waals surface area (Å²) in [5, 5.41) is 9.13. The van der Waals surface area contributed by atoms with Gasteiger partial charge in [0.25, 0.3) is 0 Å². The standard InChI is InChI=1S/C59H39NO2/c1-59(2)50-25-12-10-19-44(50)45-32-31-39(35-51(45)59)60(38-29-27-37(28-30-38)41-23-14-24-49-46-20-11-13-26-52(46)61-57(41)49)56-40(36-15-4-3-5-16-36)33-34-53-55(56)54-47-21-8-6-17-42(47)43-18-7-9-22-48(43)58(54)62-53/h3-35H,1-2H3. The zero-order valence-corrected chi connectivity index (χ0v) is 34.3. The molecule has 10 aromatic carbocycles. The Morgan fingerprint density at radius 2 is 0.919 bits per heavy atom. The third-order valence-electron chi connectivity index (χ3n) is 13.5. The average Bonchev–Trinajstić information content (AvgIpc) is 3.98. The predicted octanol–water partition coefficient (Wildman–Crippen LogP) is 16.9. The maximum absolute atomic E-state index is 7.08. The van der Waals surface area contributed by atoms with E-state index in [1.54, 1.807) is 0 Å². The van der Waals surface area contributed by atoms with Crippen LogP contribution >= 0.6 is 0 Å². The number of rotatable bonds is 5. The van der Waals surface area contributed by atoms with E-state index >= 15 is 0 Å². The van der Waals surface area contributed by atoms with Crippen LogP contribution in [-0.4, -0.2) is 0 Å². The molecule has 1 aliphatic carbocycles. The van der Waals surface area contributed by atoms with Crippen molar-refractivity contribution in [2.45, 2.75) is 19.3 Å². The Labute approximate surface area is 358 Å². The van der Waals surface area contributed by atoms with Crippen LogP contribution in [0.4, 0.5) is 17.1 Å². The molecule has 0 saturated carbocycles. The number of benzene rings is 10. The highest BCUT2D eigenvalue weighted by molar-refractivity contribution is 6.33. The van der Waals surface area contributed by atoms with Crippen LogP contribution in [-0.2, 0) is 5.41 Å². The lowest BCUT2D eigenvalue weighted by atomic mass is 9.82. The summed E-state index contributed by atoms with van der Waals surface area (Å²) in [6.45, 7) is 4.71. The van der Waals surface area contributed by atoms with Crippen LogP contribution in [0.15, 0.2) is 209 Å². The summed E-state index contributed by atoms with van der Waals surface area (Å²) >= 11 is 0. The molecule has 0 saturated heterocycles. The van der Waals surface area contributed by atoms with Gasteiger partial charge in [0.1, 0.15) is 22.3 Å². The van der Waals surface area contributed by atoms with Gasteiger partial charge in [0.15, 0.2) is 0 Å². The minimum atomic E-state index is -0.186. The van der Waals surface area contributed by atoms with Gasteiger partial charge in [-0.25, -0.2) is 0 Å². The van der Waals surface area contributed by atoms with Gasteiger partial charge in [-0.1, -0.05) is 172 Å². The SMILES string of the molecule is CC1(C)c2ccccc2-c2ccc(N(c3ccc(-c4cccc5c4oc4ccccc45)cc3)c3c(-c4ccccc4)ccc4oc5c6ccccc6c6ccccc6c5c34)cc21. The van der Waals surface area contributed by atoms with Crippen molar-refractivity contribution in [3.63, 3.8) is 0 Å². The second-order valence-electron chi connectivity index (χ2n) is 17.2. The molecule has 0 fully saturated rings. The molecular formula is C59H39NO2. The molecule has 13 rings (SSSR count). The first-order valence-corrected chi connectivity index (χ1v) is 21.4. The van der Waals surface area contributed by atoms with E-state index in [1.807, 2.05) is 12.1 Å². The fraction of sp³-hybridized carbons (Fsp3) is 0.0508. The quantitative estimate of drug-likeness (QED) is 0.163. The van der Waals surface area contributed by atoms with Gasteiger partial charge in [0.2, 0.25) is 0 Å². The van der Waals surface area contributed by atoms with Crippen molar-refractivity contribution in [3.8, 4) is 33.4 Å². The van der Waals surface area contributed by atoms with Gasteiger partial charge in [0.05, 0.1) is 11.1 Å². The number of fused-ring (bicyclic) bond motifs is 14. The van der Waals surface area contributed by atoms with Gasteiger partial charge >= 0.3 is 0 Å². The normalized spacial score (nSPS) is 13.1. The van der Waals surface area contributed by atoms with Gasteiger partial charge in [0, 0.05) is 49.5 Å². The van der Waals surface area contributed by atoms with Gasteiger partial charge < -0.3 is 13.7 Å². The average molecular weight is 794 g/mol. The smallest absolute Gasteiger partial charge is 0.143 e. The molecule has 0 radical (unpaired) electrons. The van der Waals surface area contributed by atoms with Crippen molar-refractivity contribution >= 4 is 82.5 Å². The Bertz CT molecular complexity index is 3780. The van der Waals surface area contributed by atoms with Crippen molar-refractivity contribution in [2.24, 2.45) is 0 Å². The van der Waals surface area contributed by atoms with E-state index in [2.05, 4.69) is 207 Å². The molecule has 2 heterocycles. The van der Waals surface area contributed by atoms with Gasteiger partial charge in [-0.2, -0.15) is 0 Å². The van der Waals surface area contributed by atoms with Gasteiger partial charge in [-0.3, -0.25) is 0 Å². The van der Waals surface area contributed by atoms with Crippen molar-refractivity contribution in [1.29, 1.82) is 0 Å². The molecule has 12 aromatic rings. The lowest BCUT2D eigenvalue weighted by molar-refractivity contribution is 0.660. The first-order valence-electron chi connectivity index (χ1n) is 21.4. The minimum Gasteiger partial charge on any atom is -0.455 e. The second kappa shape index (κ2) is 13.1. The molecule has 3 nitrogen and oxygen atoms in total. The van der Waals surface area contributed by atoms with Gasteiger partial charge in [-0.05, 0) is 92.0 Å². The van der Waals surface area contributed by atoms with E-state index < -0.39 is 0 Å². The van der Waals surface area contributed by atoms with E-state index in [-0.39, 0.29) is 5.41 Å². The van der Waals surface area contributed by atoms with Crippen molar-refractivity contribution in [1.82, 2.24) is 0 Å². The number of para-hydroxylation sites is 2. The van der Waals surface area contributed by atoms with E-state index in [9.17, 15) is 0 Å². The topological polar surface area (TPSA) is 29.5 Å². The van der Waals surface area contributed by atoms with Crippen LogP contribution in [0.3, 0.4) is 0 Å². The molecule has 0 unspecified atom stereocenters. The van der Waals surface area contributed by atoms with Gasteiger partial charge in [-0.15, -0.1) is 0 Å². The molecule has 0 amide bonds. The first kappa shape index (κ1) is 34.9. The fourth-order valence-corrected chi connectivity index (χ4v) is 10.6. The number of hydrogen-bond acceptors (Lipinski definition) is 3. The molecular weight excluding hydrogens is 755 g/mol. The summed E-state index contributed by atoms with van der Waals surface area (Å²) < 4.78 is 13.6. The van der Waals surface area contributed by atoms with Crippen molar-refractivity contribution < 1.29 is 8.83 Å². The highest BCUT2D eigenvalue weighted by Crippen LogP contribution is 2.54. The maximum atomic E-state index is 7.08. The highest BCUT2D eigenvalue weighted by Gasteiger charge is 2.36. The van der Waals surface area contributed by atoms with Crippen LogP contribution < -0.4 is 4.90 Å². The predicted molar refractivity (Wildman–Crippen MR) is 259 cm³/mol. The maximum Gasteiger partial charge on any atom is 0.143 e.